The summed E-state index contributed by atoms with van der Waals surface area (Å²) in [6.45, 7) is 0. The molecule has 0 amide bonds. The molecule has 3 nitrogen and oxygen atoms in total. The third kappa shape index (κ3) is 2.80. The molecule has 1 aliphatic carbocycles. The number of ether oxygens (including phenoxy) is 1. The predicted molar refractivity (Wildman–Crippen MR) is 84.2 cm³/mol. The van der Waals surface area contributed by atoms with E-state index < -0.39 is 0 Å². The fourth-order valence-corrected chi connectivity index (χ4v) is 3.19. The number of rotatable bonds is 3. The van der Waals surface area contributed by atoms with Crippen molar-refractivity contribution in [3.63, 3.8) is 0 Å². The number of nitrogens with one attached hydrogen (secondary N) is 1. The Hall–Kier alpha value is -1.55. The lowest BCUT2D eigenvalue weighted by Gasteiger charge is -2.26. The molecule has 1 unspecified atom stereocenters. The number of aryl methyl sites for hydroxylation is 1. The Morgan fingerprint density at radius 1 is 1.35 bits per heavy atom. The minimum atomic E-state index is 0.277. The van der Waals surface area contributed by atoms with Gasteiger partial charge in [-0.3, -0.25) is 4.98 Å². The number of halogens is 1. The average molecular weight is 333 g/mol. The van der Waals surface area contributed by atoms with Gasteiger partial charge in [0.1, 0.15) is 5.75 Å². The van der Waals surface area contributed by atoms with Gasteiger partial charge in [0.05, 0.1) is 18.8 Å². The summed E-state index contributed by atoms with van der Waals surface area (Å²) in [5.41, 5.74) is 3.59. The first-order chi connectivity index (χ1) is 9.76. The van der Waals surface area contributed by atoms with E-state index in [-0.39, 0.29) is 6.04 Å². The van der Waals surface area contributed by atoms with Gasteiger partial charge in [0, 0.05) is 22.4 Å². The van der Waals surface area contributed by atoms with E-state index in [1.165, 1.54) is 17.7 Å². The van der Waals surface area contributed by atoms with Crippen molar-refractivity contribution >= 4 is 21.6 Å². The van der Waals surface area contributed by atoms with Gasteiger partial charge in [0.15, 0.2) is 0 Å². The Morgan fingerprint density at radius 2 is 2.25 bits per heavy atom. The number of anilines is 1. The van der Waals surface area contributed by atoms with Crippen molar-refractivity contribution < 1.29 is 4.74 Å². The predicted octanol–water partition coefficient (Wildman–Crippen LogP) is 4.34. The summed E-state index contributed by atoms with van der Waals surface area (Å²) in [6.07, 6.45) is 5.31. The Kier molecular flexibility index (Phi) is 3.92. The lowest BCUT2D eigenvalue weighted by molar-refractivity contribution is 0.414. The minimum absolute atomic E-state index is 0.277. The molecular weight excluding hydrogens is 316 g/mol. The number of aromatic nitrogens is 1. The molecule has 0 saturated heterocycles. The van der Waals surface area contributed by atoms with Crippen LogP contribution in [0.4, 0.5) is 5.69 Å². The topological polar surface area (TPSA) is 34.1 Å². The van der Waals surface area contributed by atoms with Crippen LogP contribution in [-0.4, -0.2) is 12.1 Å². The molecule has 104 valence electrons. The van der Waals surface area contributed by atoms with Crippen molar-refractivity contribution in [2.45, 2.75) is 25.3 Å². The van der Waals surface area contributed by atoms with E-state index in [9.17, 15) is 0 Å². The van der Waals surface area contributed by atoms with E-state index >= 15 is 0 Å². The zero-order valence-electron chi connectivity index (χ0n) is 11.4. The fraction of sp³-hybridized carbons (Fsp3) is 0.312. The van der Waals surface area contributed by atoms with Gasteiger partial charge < -0.3 is 10.1 Å². The van der Waals surface area contributed by atoms with Crippen LogP contribution in [0.25, 0.3) is 0 Å². The first-order valence-electron chi connectivity index (χ1n) is 6.81. The van der Waals surface area contributed by atoms with Crippen LogP contribution >= 0.6 is 15.9 Å². The third-order valence-electron chi connectivity index (χ3n) is 3.64. The molecular formula is C16H17BrN2O. The van der Waals surface area contributed by atoms with Crippen LogP contribution in [0, 0.1) is 0 Å². The highest BCUT2D eigenvalue weighted by Crippen LogP contribution is 2.33. The van der Waals surface area contributed by atoms with Gasteiger partial charge in [-0.2, -0.15) is 0 Å². The minimum Gasteiger partial charge on any atom is -0.497 e. The normalized spacial score (nSPS) is 17.4. The molecule has 1 aliphatic rings. The van der Waals surface area contributed by atoms with Gasteiger partial charge in [0.2, 0.25) is 0 Å². The zero-order chi connectivity index (χ0) is 13.9. The standard InChI is InChI=1S/C16H17BrN2O/c1-20-14-9-12(17)8-13(10-14)19-15-6-2-4-11-5-3-7-18-16(11)15/h3,5,7-10,15,19H,2,4,6H2,1H3. The van der Waals surface area contributed by atoms with Crippen LogP contribution in [0.3, 0.4) is 0 Å². The Bertz CT molecular complexity index is 615. The molecule has 2 aromatic rings. The summed E-state index contributed by atoms with van der Waals surface area (Å²) in [5.74, 6) is 0.846. The van der Waals surface area contributed by atoms with E-state index in [0.29, 0.717) is 0 Å². The number of hydrogen-bond donors (Lipinski definition) is 1. The van der Waals surface area contributed by atoms with E-state index in [1.807, 2.05) is 24.4 Å². The number of nitrogens with zero attached hydrogens (tertiary/aromatic N) is 1. The van der Waals surface area contributed by atoms with Crippen LogP contribution in [0.5, 0.6) is 5.75 Å². The van der Waals surface area contributed by atoms with Gasteiger partial charge in [-0.25, -0.2) is 0 Å². The molecule has 0 saturated carbocycles. The first kappa shape index (κ1) is 13.4. The zero-order valence-corrected chi connectivity index (χ0v) is 13.0. The molecule has 0 bridgehead atoms. The van der Waals surface area contributed by atoms with Gasteiger partial charge in [-0.05, 0) is 43.0 Å². The molecule has 3 rings (SSSR count). The maximum atomic E-state index is 5.31. The van der Waals surface area contributed by atoms with Gasteiger partial charge >= 0.3 is 0 Å². The van der Waals surface area contributed by atoms with Gasteiger partial charge in [-0.1, -0.05) is 22.0 Å². The Labute approximate surface area is 127 Å². The van der Waals surface area contributed by atoms with E-state index in [1.54, 1.807) is 7.11 Å². The number of methoxy groups -OCH3 is 1. The summed E-state index contributed by atoms with van der Waals surface area (Å²) in [7, 11) is 1.68. The molecule has 1 aromatic carbocycles. The number of benzene rings is 1. The molecule has 1 aromatic heterocycles. The number of fused-ring (bicyclic) bond motifs is 1. The summed E-state index contributed by atoms with van der Waals surface area (Å²) in [6, 6.07) is 10.5. The molecule has 1 heterocycles. The molecule has 20 heavy (non-hydrogen) atoms. The average Bonchev–Trinajstić information content (AvgIpc) is 2.47. The highest BCUT2D eigenvalue weighted by Gasteiger charge is 2.21. The van der Waals surface area contributed by atoms with Crippen LogP contribution in [0.1, 0.15) is 30.1 Å². The van der Waals surface area contributed by atoms with Gasteiger partial charge in [-0.15, -0.1) is 0 Å². The molecule has 0 spiro atoms. The van der Waals surface area contributed by atoms with Crippen LogP contribution in [0.15, 0.2) is 41.0 Å². The molecule has 0 radical (unpaired) electrons. The molecule has 1 atom stereocenters. The monoisotopic (exact) mass is 332 g/mol. The smallest absolute Gasteiger partial charge is 0.122 e. The van der Waals surface area contributed by atoms with Crippen molar-refractivity contribution in [2.24, 2.45) is 0 Å². The first-order valence-corrected chi connectivity index (χ1v) is 7.60. The maximum Gasteiger partial charge on any atom is 0.122 e. The highest BCUT2D eigenvalue weighted by molar-refractivity contribution is 9.10. The second-order valence-electron chi connectivity index (χ2n) is 5.02. The van der Waals surface area contributed by atoms with E-state index in [4.69, 9.17) is 4.74 Å². The quantitative estimate of drug-likeness (QED) is 0.907. The Morgan fingerprint density at radius 3 is 3.10 bits per heavy atom. The van der Waals surface area contributed by atoms with Crippen LogP contribution < -0.4 is 10.1 Å². The maximum absolute atomic E-state index is 5.31. The van der Waals surface area contributed by atoms with Gasteiger partial charge in [0.25, 0.3) is 0 Å². The fourth-order valence-electron chi connectivity index (χ4n) is 2.71. The second kappa shape index (κ2) is 5.83. The molecule has 0 aliphatic heterocycles. The summed E-state index contributed by atoms with van der Waals surface area (Å²) in [4.78, 5) is 4.56. The van der Waals surface area contributed by atoms with E-state index in [2.05, 4.69) is 38.4 Å². The van der Waals surface area contributed by atoms with Crippen molar-refractivity contribution in [2.75, 3.05) is 12.4 Å². The number of hydrogen-bond acceptors (Lipinski definition) is 3. The molecule has 4 heteroatoms. The van der Waals surface area contributed by atoms with Crippen molar-refractivity contribution in [1.29, 1.82) is 0 Å². The largest absolute Gasteiger partial charge is 0.497 e. The number of pyridine rings is 1. The molecule has 0 fully saturated rings. The lowest BCUT2D eigenvalue weighted by atomic mass is 9.92. The van der Waals surface area contributed by atoms with Crippen molar-refractivity contribution in [1.82, 2.24) is 4.98 Å². The molecule has 1 N–H and O–H groups in total. The highest BCUT2D eigenvalue weighted by atomic mass is 79.9. The lowest BCUT2D eigenvalue weighted by Crippen LogP contribution is -2.18. The third-order valence-corrected chi connectivity index (χ3v) is 4.10. The van der Waals surface area contributed by atoms with Crippen molar-refractivity contribution in [3.8, 4) is 5.75 Å². The Balaban J connectivity index is 1.87. The summed E-state index contributed by atoms with van der Waals surface area (Å²) in [5, 5.41) is 3.58. The second-order valence-corrected chi connectivity index (χ2v) is 5.93. The van der Waals surface area contributed by atoms with Crippen LogP contribution in [0.2, 0.25) is 0 Å². The SMILES string of the molecule is COc1cc(Br)cc(NC2CCCc3cccnc32)c1. The summed E-state index contributed by atoms with van der Waals surface area (Å²) < 4.78 is 6.32. The van der Waals surface area contributed by atoms with E-state index in [0.717, 1.165) is 28.8 Å². The van der Waals surface area contributed by atoms with Crippen molar-refractivity contribution in [3.05, 3.63) is 52.3 Å². The van der Waals surface area contributed by atoms with Crippen LogP contribution in [-0.2, 0) is 6.42 Å². The summed E-state index contributed by atoms with van der Waals surface area (Å²) >= 11 is 3.51.